The minimum absolute atomic E-state index is 0. The van der Waals surface area contributed by atoms with Gasteiger partial charge in [-0.25, -0.2) is 4.57 Å². The quantitative estimate of drug-likeness (QED) is 0.317. The summed E-state index contributed by atoms with van der Waals surface area (Å²) in [5, 5.41) is 0.571. The number of halogens is 2. The highest BCUT2D eigenvalue weighted by Gasteiger charge is 2.56. The fourth-order valence-electron chi connectivity index (χ4n) is 3.49. The molecule has 0 saturated carbocycles. The molecule has 3 nitrogen and oxygen atoms in total. The summed E-state index contributed by atoms with van der Waals surface area (Å²) in [4.78, 5) is 26.7. The number of nitrogens with zero attached hydrogens (tertiary/aromatic N) is 1. The van der Waals surface area contributed by atoms with E-state index in [4.69, 9.17) is 11.6 Å². The van der Waals surface area contributed by atoms with Gasteiger partial charge in [-0.15, -0.1) is 0 Å². The van der Waals surface area contributed by atoms with Gasteiger partial charge in [0.1, 0.15) is 0 Å². The molecule has 0 bridgehead atoms. The second-order valence-corrected chi connectivity index (χ2v) is 6.60. The van der Waals surface area contributed by atoms with Crippen LogP contribution in [0.5, 0.6) is 0 Å². The third kappa shape index (κ3) is 2.87. The highest BCUT2D eigenvalue weighted by atomic mass is 127. The lowest BCUT2D eigenvalue weighted by Crippen LogP contribution is -3.00. The molecular weight excluding hydrogens is 461 g/mol. The van der Waals surface area contributed by atoms with Gasteiger partial charge in [-0.05, 0) is 17.7 Å². The molecule has 0 N–H and O–H groups in total. The molecule has 4 rings (SSSR count). The van der Waals surface area contributed by atoms with Crippen LogP contribution in [0.4, 0.5) is 0 Å². The van der Waals surface area contributed by atoms with Gasteiger partial charge in [0.15, 0.2) is 35.9 Å². The van der Waals surface area contributed by atoms with Gasteiger partial charge in [0, 0.05) is 28.3 Å². The SMILES string of the molecule is O=C1c2ccccc2C(=O)C1(C[n+]1ccccc1)c1ccc(Cl)cc1.[I-]. The van der Waals surface area contributed by atoms with Crippen LogP contribution in [0, 0.1) is 0 Å². The van der Waals surface area contributed by atoms with E-state index in [2.05, 4.69) is 0 Å². The predicted molar refractivity (Wildman–Crippen MR) is 94.9 cm³/mol. The van der Waals surface area contributed by atoms with Gasteiger partial charge in [0.2, 0.25) is 0 Å². The Morgan fingerprint density at radius 1 is 0.769 bits per heavy atom. The second kappa shape index (κ2) is 7.29. The number of carbonyl (C=O) groups excluding carboxylic acids is 2. The number of rotatable bonds is 3. The molecule has 0 aliphatic heterocycles. The number of hydrogen-bond donors (Lipinski definition) is 0. The lowest BCUT2D eigenvalue weighted by atomic mass is 9.75. The Labute approximate surface area is 173 Å². The number of aromatic nitrogens is 1. The predicted octanol–water partition coefficient (Wildman–Crippen LogP) is 0.649. The smallest absolute Gasteiger partial charge is 0.188 e. The summed E-state index contributed by atoms with van der Waals surface area (Å²) < 4.78 is 1.87. The molecule has 0 saturated heterocycles. The van der Waals surface area contributed by atoms with Crippen molar-refractivity contribution in [3.63, 3.8) is 0 Å². The number of hydrogen-bond acceptors (Lipinski definition) is 2. The normalized spacial score (nSPS) is 14.7. The van der Waals surface area contributed by atoms with E-state index in [1.807, 2.05) is 35.2 Å². The summed E-state index contributed by atoms with van der Waals surface area (Å²) >= 11 is 6.01. The van der Waals surface area contributed by atoms with E-state index in [-0.39, 0.29) is 42.1 Å². The van der Waals surface area contributed by atoms with E-state index in [1.165, 1.54) is 0 Å². The van der Waals surface area contributed by atoms with Crippen LogP contribution in [0.3, 0.4) is 0 Å². The van der Waals surface area contributed by atoms with Crippen molar-refractivity contribution in [2.75, 3.05) is 0 Å². The van der Waals surface area contributed by atoms with Crippen LogP contribution < -0.4 is 28.5 Å². The van der Waals surface area contributed by atoms with Crippen molar-refractivity contribution in [3.05, 3.63) is 101 Å². The van der Waals surface area contributed by atoms with Crippen molar-refractivity contribution in [1.29, 1.82) is 0 Å². The fraction of sp³-hybridized carbons (Fsp3) is 0.0952. The summed E-state index contributed by atoms with van der Waals surface area (Å²) in [6, 6.07) is 19.7. The lowest BCUT2D eigenvalue weighted by molar-refractivity contribution is -0.700. The van der Waals surface area contributed by atoms with Crippen molar-refractivity contribution in [2.45, 2.75) is 12.0 Å². The summed E-state index contributed by atoms with van der Waals surface area (Å²) in [6.07, 6.45) is 3.72. The first kappa shape index (κ1) is 18.7. The molecule has 3 aromatic rings. The van der Waals surface area contributed by atoms with Crippen LogP contribution in [0.15, 0.2) is 79.1 Å². The largest absolute Gasteiger partial charge is 1.00 e. The molecule has 0 radical (unpaired) electrons. The van der Waals surface area contributed by atoms with E-state index in [9.17, 15) is 9.59 Å². The highest BCUT2D eigenvalue weighted by Crippen LogP contribution is 2.40. The Hall–Kier alpha value is -2.05. The number of Topliss-reactive ketones (excluding diaryl/α,β-unsaturated/α-hetero) is 2. The third-order valence-corrected chi connectivity index (χ3v) is 4.98. The van der Waals surface area contributed by atoms with Crippen molar-refractivity contribution < 1.29 is 38.1 Å². The molecule has 0 unspecified atom stereocenters. The first-order valence-corrected chi connectivity index (χ1v) is 8.39. The van der Waals surface area contributed by atoms with Gasteiger partial charge < -0.3 is 24.0 Å². The molecule has 5 heteroatoms. The molecular formula is C21H15ClINO2. The molecule has 2 aromatic carbocycles. The standard InChI is InChI=1S/C21H15ClNO2.HI/c22-16-10-8-15(9-11-16)21(14-23-12-4-1-5-13-23)19(24)17-6-2-3-7-18(17)20(21)25;/h1-13H,14H2;1H/q+1;/p-1. The molecule has 130 valence electrons. The molecule has 1 heterocycles. The van der Waals surface area contributed by atoms with Crippen molar-refractivity contribution >= 4 is 23.2 Å². The number of ketones is 2. The molecule has 0 spiro atoms. The van der Waals surface area contributed by atoms with Gasteiger partial charge >= 0.3 is 0 Å². The Morgan fingerprint density at radius 3 is 1.85 bits per heavy atom. The fourth-order valence-corrected chi connectivity index (χ4v) is 3.61. The van der Waals surface area contributed by atoms with E-state index in [1.54, 1.807) is 48.5 Å². The minimum Gasteiger partial charge on any atom is -1.00 e. The Kier molecular flexibility index (Phi) is 5.25. The van der Waals surface area contributed by atoms with Gasteiger partial charge in [0.25, 0.3) is 0 Å². The third-order valence-electron chi connectivity index (χ3n) is 4.73. The van der Waals surface area contributed by atoms with Crippen molar-refractivity contribution in [1.82, 2.24) is 0 Å². The average Bonchev–Trinajstić information content (AvgIpc) is 2.86. The lowest BCUT2D eigenvalue weighted by Gasteiger charge is -2.23. The number of pyridine rings is 1. The average molecular weight is 476 g/mol. The summed E-state index contributed by atoms with van der Waals surface area (Å²) in [5.74, 6) is -0.321. The topological polar surface area (TPSA) is 38.0 Å². The summed E-state index contributed by atoms with van der Waals surface area (Å²) in [6.45, 7) is 0.252. The van der Waals surface area contributed by atoms with Crippen molar-refractivity contribution in [3.8, 4) is 0 Å². The van der Waals surface area contributed by atoms with Gasteiger partial charge in [0.05, 0.1) is 0 Å². The monoisotopic (exact) mass is 475 g/mol. The molecule has 1 aliphatic carbocycles. The highest BCUT2D eigenvalue weighted by molar-refractivity contribution is 6.33. The summed E-state index contributed by atoms with van der Waals surface area (Å²) in [7, 11) is 0. The van der Waals surface area contributed by atoms with Gasteiger partial charge in [-0.3, -0.25) is 9.59 Å². The number of carbonyl (C=O) groups is 2. The van der Waals surface area contributed by atoms with Crippen LogP contribution in [0.2, 0.25) is 5.02 Å². The van der Waals surface area contributed by atoms with E-state index < -0.39 is 5.41 Å². The minimum atomic E-state index is -1.26. The maximum absolute atomic E-state index is 13.4. The zero-order valence-electron chi connectivity index (χ0n) is 13.7. The molecule has 1 aromatic heterocycles. The first-order chi connectivity index (χ1) is 12.1. The van der Waals surface area contributed by atoms with Crippen LogP contribution in [0.1, 0.15) is 26.3 Å². The van der Waals surface area contributed by atoms with E-state index >= 15 is 0 Å². The Bertz CT molecular complexity index is 936. The van der Waals surface area contributed by atoms with Crippen LogP contribution in [-0.2, 0) is 12.0 Å². The molecule has 1 aliphatic rings. The second-order valence-electron chi connectivity index (χ2n) is 6.16. The Balaban J connectivity index is 0.00000196. The number of benzene rings is 2. The van der Waals surface area contributed by atoms with Gasteiger partial charge in [-0.1, -0.05) is 54.1 Å². The molecule has 0 amide bonds. The maximum Gasteiger partial charge on any atom is 0.188 e. The maximum atomic E-state index is 13.4. The molecule has 0 atom stereocenters. The zero-order valence-corrected chi connectivity index (χ0v) is 16.6. The zero-order chi connectivity index (χ0) is 17.4. The van der Waals surface area contributed by atoms with Crippen LogP contribution in [0.25, 0.3) is 0 Å². The van der Waals surface area contributed by atoms with Crippen molar-refractivity contribution in [2.24, 2.45) is 0 Å². The number of fused-ring (bicyclic) bond motifs is 1. The van der Waals surface area contributed by atoms with Crippen LogP contribution >= 0.6 is 11.6 Å². The van der Waals surface area contributed by atoms with Crippen LogP contribution in [-0.4, -0.2) is 11.6 Å². The van der Waals surface area contributed by atoms with Gasteiger partial charge in [-0.2, -0.15) is 0 Å². The summed E-state index contributed by atoms with van der Waals surface area (Å²) in [5.41, 5.74) is 0.373. The first-order valence-electron chi connectivity index (χ1n) is 8.02. The molecule has 26 heavy (non-hydrogen) atoms. The van der Waals surface area contributed by atoms with E-state index in [0.717, 1.165) is 0 Å². The Morgan fingerprint density at radius 2 is 1.31 bits per heavy atom. The molecule has 0 fully saturated rings. The van der Waals surface area contributed by atoms with E-state index in [0.29, 0.717) is 21.7 Å².